The van der Waals surface area contributed by atoms with Gasteiger partial charge in [-0.25, -0.2) is 0 Å². The number of rotatable bonds is 1. The summed E-state index contributed by atoms with van der Waals surface area (Å²) in [6.07, 6.45) is 1.41. The number of fused-ring (bicyclic) bond motifs is 3. The van der Waals surface area contributed by atoms with Crippen molar-refractivity contribution in [2.75, 3.05) is 7.11 Å². The highest BCUT2D eigenvalue weighted by Crippen LogP contribution is 2.40. The van der Waals surface area contributed by atoms with Gasteiger partial charge in [0, 0.05) is 10.8 Å². The third kappa shape index (κ3) is 1.24. The van der Waals surface area contributed by atoms with Crippen molar-refractivity contribution in [1.82, 2.24) is 0 Å². The summed E-state index contributed by atoms with van der Waals surface area (Å²) in [5.41, 5.74) is 0.451. The van der Waals surface area contributed by atoms with Gasteiger partial charge in [-0.05, 0) is 29.7 Å². The smallest absolute Gasteiger partial charge is 0.141 e. The van der Waals surface area contributed by atoms with Crippen LogP contribution in [0.2, 0.25) is 0 Å². The fourth-order valence-electron chi connectivity index (χ4n) is 1.98. The van der Waals surface area contributed by atoms with Crippen molar-refractivity contribution in [2.24, 2.45) is 0 Å². The van der Waals surface area contributed by atoms with Gasteiger partial charge >= 0.3 is 0 Å². The van der Waals surface area contributed by atoms with Gasteiger partial charge in [0.1, 0.15) is 11.3 Å². The maximum atomic E-state index is 11.9. The van der Waals surface area contributed by atoms with Crippen LogP contribution >= 0.6 is 0 Å². The fraction of sp³-hybridized carbons (Fsp3) is 0.0769. The van der Waals surface area contributed by atoms with Gasteiger partial charge in [0.05, 0.1) is 13.4 Å². The van der Waals surface area contributed by atoms with Crippen LogP contribution in [-0.4, -0.2) is 7.11 Å². The first-order chi connectivity index (χ1) is 8.22. The van der Waals surface area contributed by atoms with Gasteiger partial charge in [0.15, 0.2) is 0 Å². The molecule has 1 heterocycles. The number of ether oxygens (including phenoxy) is 1. The summed E-state index contributed by atoms with van der Waals surface area (Å²) in [4.78, 5) is 0. The molecule has 0 radical (unpaired) electrons. The van der Waals surface area contributed by atoms with Gasteiger partial charge in [0.2, 0.25) is 0 Å². The van der Waals surface area contributed by atoms with Crippen LogP contribution in [0.1, 0.15) is 0 Å². The molecule has 0 N–H and O–H groups in total. The summed E-state index contributed by atoms with van der Waals surface area (Å²) in [7, 11) is 1.51. The minimum Gasteiger partial charge on any atom is -0.872 e. The van der Waals surface area contributed by atoms with Crippen LogP contribution in [-0.2, 0) is 0 Å². The molecule has 0 saturated heterocycles. The summed E-state index contributed by atoms with van der Waals surface area (Å²) in [5, 5.41) is 25.0. The maximum Gasteiger partial charge on any atom is 0.141 e. The molecule has 3 rings (SSSR count). The molecule has 0 bridgehead atoms. The first-order valence-electron chi connectivity index (χ1n) is 5.07. The first kappa shape index (κ1) is 9.84. The minimum atomic E-state index is -0.533. The lowest BCUT2D eigenvalue weighted by molar-refractivity contribution is -0.313. The second-order valence-corrected chi connectivity index (χ2v) is 3.73. The Morgan fingerprint density at radius 1 is 1.00 bits per heavy atom. The van der Waals surface area contributed by atoms with E-state index in [1.54, 1.807) is 18.2 Å². The van der Waals surface area contributed by atoms with Crippen LogP contribution in [0, 0.1) is 0 Å². The van der Waals surface area contributed by atoms with Gasteiger partial charge in [-0.15, -0.1) is 11.5 Å². The largest absolute Gasteiger partial charge is 0.872 e. The van der Waals surface area contributed by atoms with Crippen molar-refractivity contribution < 1.29 is 19.4 Å². The molecule has 86 valence electrons. The molecule has 1 aromatic heterocycles. The highest BCUT2D eigenvalue weighted by atomic mass is 16.5. The van der Waals surface area contributed by atoms with Crippen molar-refractivity contribution in [2.45, 2.75) is 0 Å². The van der Waals surface area contributed by atoms with Gasteiger partial charge in [-0.1, -0.05) is 0 Å². The quantitative estimate of drug-likeness (QED) is 0.636. The molecule has 0 saturated carbocycles. The molecule has 4 nitrogen and oxygen atoms in total. The van der Waals surface area contributed by atoms with Crippen molar-refractivity contribution >= 4 is 21.7 Å². The van der Waals surface area contributed by atoms with E-state index in [0.29, 0.717) is 27.5 Å². The monoisotopic (exact) mass is 228 g/mol. The lowest BCUT2D eigenvalue weighted by Gasteiger charge is -2.22. The number of methoxy groups -OCH3 is 1. The summed E-state index contributed by atoms with van der Waals surface area (Å²) >= 11 is 0. The van der Waals surface area contributed by atoms with Crippen molar-refractivity contribution in [1.29, 1.82) is 0 Å². The van der Waals surface area contributed by atoms with Gasteiger partial charge < -0.3 is 19.4 Å². The predicted octanol–water partition coefficient (Wildman–Crippen LogP) is 1.74. The van der Waals surface area contributed by atoms with Gasteiger partial charge in [-0.2, -0.15) is 0 Å². The number of hydrogen-bond donors (Lipinski definition) is 0. The lowest BCUT2D eigenvalue weighted by atomic mass is 10.1. The van der Waals surface area contributed by atoms with E-state index in [-0.39, 0.29) is 0 Å². The molecule has 17 heavy (non-hydrogen) atoms. The Hall–Kier alpha value is -2.36. The molecule has 0 amide bonds. The standard InChI is InChI=1S/C13H10O4/c1-16-7-2-3-8-10(6-7)12(15)11(14)9-4-5-17-13(8)9/h2-6,14-15H,1H3/p-2. The molecule has 2 aromatic carbocycles. The molecule has 0 fully saturated rings. The second kappa shape index (κ2) is 3.31. The number of furan rings is 1. The summed E-state index contributed by atoms with van der Waals surface area (Å²) < 4.78 is 10.3. The zero-order valence-electron chi connectivity index (χ0n) is 9.02. The Morgan fingerprint density at radius 3 is 2.53 bits per heavy atom. The summed E-state index contributed by atoms with van der Waals surface area (Å²) in [6, 6.07) is 6.53. The normalized spacial score (nSPS) is 11.1. The van der Waals surface area contributed by atoms with Crippen LogP contribution in [0.4, 0.5) is 0 Å². The average Bonchev–Trinajstić information content (AvgIpc) is 2.84. The third-order valence-electron chi connectivity index (χ3n) is 2.83. The predicted molar refractivity (Wildman–Crippen MR) is 59.2 cm³/mol. The van der Waals surface area contributed by atoms with E-state index in [1.807, 2.05) is 0 Å². The molecule has 0 aliphatic heterocycles. The van der Waals surface area contributed by atoms with E-state index in [2.05, 4.69) is 0 Å². The second-order valence-electron chi connectivity index (χ2n) is 3.73. The Balaban J connectivity index is 2.55. The highest BCUT2D eigenvalue weighted by molar-refractivity contribution is 6.10. The number of benzene rings is 2. The molecule has 3 aromatic rings. The average molecular weight is 228 g/mol. The van der Waals surface area contributed by atoms with E-state index < -0.39 is 11.5 Å². The van der Waals surface area contributed by atoms with Crippen LogP contribution in [0.3, 0.4) is 0 Å². The Labute approximate surface area is 96.7 Å². The fourth-order valence-corrected chi connectivity index (χ4v) is 1.98. The number of hydrogen-bond acceptors (Lipinski definition) is 4. The zero-order valence-corrected chi connectivity index (χ0v) is 9.02. The topological polar surface area (TPSA) is 68.5 Å². The lowest BCUT2D eigenvalue weighted by Crippen LogP contribution is -2.00. The van der Waals surface area contributed by atoms with Crippen LogP contribution in [0.5, 0.6) is 17.2 Å². The Morgan fingerprint density at radius 2 is 1.76 bits per heavy atom. The van der Waals surface area contributed by atoms with E-state index in [1.165, 1.54) is 19.4 Å². The third-order valence-corrected chi connectivity index (χ3v) is 2.83. The Kier molecular flexibility index (Phi) is 1.92. The molecule has 0 atom stereocenters. The minimum absolute atomic E-state index is 0.327. The molecular formula is C13H8O4-2. The maximum absolute atomic E-state index is 11.9. The molecule has 4 heteroatoms. The zero-order chi connectivity index (χ0) is 12.0. The van der Waals surface area contributed by atoms with E-state index in [4.69, 9.17) is 9.15 Å². The van der Waals surface area contributed by atoms with Crippen molar-refractivity contribution in [3.63, 3.8) is 0 Å². The SMILES string of the molecule is COc1ccc2c(c1)c([O-])c([O-])c1ccoc12. The van der Waals surface area contributed by atoms with Crippen LogP contribution < -0.4 is 14.9 Å². The van der Waals surface area contributed by atoms with E-state index >= 15 is 0 Å². The van der Waals surface area contributed by atoms with Crippen LogP contribution in [0.15, 0.2) is 34.9 Å². The molecule has 0 aliphatic rings. The van der Waals surface area contributed by atoms with E-state index in [9.17, 15) is 10.2 Å². The molecular weight excluding hydrogens is 220 g/mol. The summed E-state index contributed by atoms with van der Waals surface area (Å²) in [5.74, 6) is -0.512. The van der Waals surface area contributed by atoms with Crippen molar-refractivity contribution in [3.05, 3.63) is 30.5 Å². The summed E-state index contributed by atoms with van der Waals surface area (Å²) in [6.45, 7) is 0. The van der Waals surface area contributed by atoms with Crippen LogP contribution in [0.25, 0.3) is 21.7 Å². The Bertz CT molecular complexity index is 712. The van der Waals surface area contributed by atoms with E-state index in [0.717, 1.165) is 0 Å². The molecule has 0 spiro atoms. The molecule has 0 unspecified atom stereocenters. The van der Waals surface area contributed by atoms with Gasteiger partial charge in [0.25, 0.3) is 0 Å². The first-order valence-corrected chi connectivity index (χ1v) is 5.07. The molecule has 0 aliphatic carbocycles. The highest BCUT2D eigenvalue weighted by Gasteiger charge is 2.07. The van der Waals surface area contributed by atoms with Crippen molar-refractivity contribution in [3.8, 4) is 17.2 Å². The van der Waals surface area contributed by atoms with Gasteiger partial charge in [-0.3, -0.25) is 0 Å².